The van der Waals surface area contributed by atoms with Crippen molar-refractivity contribution in [2.24, 2.45) is 16.0 Å². The molecule has 3 aromatic carbocycles. The first-order chi connectivity index (χ1) is 19.0. The van der Waals surface area contributed by atoms with Crippen LogP contribution in [0.15, 0.2) is 81.8 Å². The Hall–Kier alpha value is -5.16. The van der Waals surface area contributed by atoms with Gasteiger partial charge >= 0.3 is 0 Å². The molecule has 1 unspecified atom stereocenters. The number of carbonyl (C=O) groups excluding carboxylic acids is 4. The highest BCUT2D eigenvalue weighted by Gasteiger charge is 2.23. The van der Waals surface area contributed by atoms with Gasteiger partial charge in [-0.3, -0.25) is 24.0 Å². The number of anilines is 2. The van der Waals surface area contributed by atoms with Crippen molar-refractivity contribution in [2.45, 2.75) is 19.9 Å². The zero-order chi connectivity index (χ0) is 29.0. The van der Waals surface area contributed by atoms with Crippen molar-refractivity contribution in [1.82, 2.24) is 4.98 Å². The Morgan fingerprint density at radius 2 is 1.50 bits per heavy atom. The number of amides is 3. The van der Waals surface area contributed by atoms with Crippen molar-refractivity contribution < 1.29 is 19.2 Å². The number of nitrogens with zero attached hydrogens (tertiary/aromatic N) is 2. The summed E-state index contributed by atoms with van der Waals surface area (Å²) < 4.78 is 0. The van der Waals surface area contributed by atoms with Crippen LogP contribution in [0, 0.1) is 6.92 Å². The Morgan fingerprint density at radius 1 is 0.900 bits per heavy atom. The number of benzene rings is 3. The van der Waals surface area contributed by atoms with Crippen molar-refractivity contribution in [3.63, 3.8) is 0 Å². The van der Waals surface area contributed by atoms with Crippen LogP contribution in [0.3, 0.4) is 0 Å². The number of halogens is 1. The Bertz CT molecular complexity index is 1730. The molecule has 0 saturated carbocycles. The van der Waals surface area contributed by atoms with Gasteiger partial charge in [0.15, 0.2) is 5.78 Å². The highest BCUT2D eigenvalue weighted by atomic mass is 35.5. The summed E-state index contributed by atoms with van der Waals surface area (Å²) in [6.45, 7) is 2.97. The largest absolute Gasteiger partial charge is 0.366 e. The molecule has 1 aromatic heterocycles. The van der Waals surface area contributed by atoms with E-state index in [0.29, 0.717) is 39.0 Å². The van der Waals surface area contributed by atoms with Gasteiger partial charge in [0, 0.05) is 34.0 Å². The number of aromatic nitrogens is 1. The van der Waals surface area contributed by atoms with Crippen molar-refractivity contribution >= 4 is 63.1 Å². The standard InChI is InChI=1S/C28H23ClN6O5/c1-14-11-24(37)33-22-13-21(29)23(12-20(14)22)34-35-25(15(2)36)28(40)32-19-9-5-17(6-10-19)27(39)31-18-7-3-16(4-8-18)26(30)38/h3-13,25H,1-2H3,(H2,30,38)(H,31,39)(H,32,40)(H,33,37). The van der Waals surface area contributed by atoms with Crippen LogP contribution in [0.25, 0.3) is 10.9 Å². The predicted molar refractivity (Wildman–Crippen MR) is 151 cm³/mol. The third kappa shape index (κ3) is 6.45. The number of hydrogen-bond acceptors (Lipinski definition) is 7. The van der Waals surface area contributed by atoms with Gasteiger partial charge in [-0.2, -0.15) is 10.2 Å². The fourth-order valence-electron chi connectivity index (χ4n) is 3.79. The molecule has 3 amide bonds. The molecule has 0 aliphatic heterocycles. The van der Waals surface area contributed by atoms with Gasteiger partial charge in [0.1, 0.15) is 5.69 Å². The molecule has 4 aromatic rings. The number of nitrogens with two attached hydrogens (primary N) is 1. The first kappa shape index (κ1) is 27.9. The van der Waals surface area contributed by atoms with Crippen molar-refractivity contribution in [3.05, 3.63) is 98.8 Å². The van der Waals surface area contributed by atoms with E-state index in [1.165, 1.54) is 55.5 Å². The maximum Gasteiger partial charge on any atom is 0.258 e. The molecule has 0 fully saturated rings. The number of aryl methyl sites for hydroxylation is 1. The number of primary amides is 1. The molecule has 0 aliphatic rings. The maximum absolute atomic E-state index is 12.8. The maximum atomic E-state index is 12.8. The van der Waals surface area contributed by atoms with Gasteiger partial charge in [0.05, 0.1) is 10.5 Å². The number of aromatic amines is 1. The second kappa shape index (κ2) is 11.7. The van der Waals surface area contributed by atoms with Crippen molar-refractivity contribution in [2.75, 3.05) is 10.6 Å². The zero-order valence-electron chi connectivity index (χ0n) is 21.3. The lowest BCUT2D eigenvalue weighted by atomic mass is 10.1. The number of H-pyrrole nitrogens is 1. The molecule has 0 aliphatic carbocycles. The minimum absolute atomic E-state index is 0.179. The highest BCUT2D eigenvalue weighted by Crippen LogP contribution is 2.31. The third-order valence-electron chi connectivity index (χ3n) is 5.87. The van der Waals surface area contributed by atoms with Gasteiger partial charge in [-0.25, -0.2) is 0 Å². The molecule has 0 spiro atoms. The van der Waals surface area contributed by atoms with Crippen LogP contribution in [0.5, 0.6) is 0 Å². The number of pyridine rings is 1. The fourth-order valence-corrected chi connectivity index (χ4v) is 3.99. The highest BCUT2D eigenvalue weighted by molar-refractivity contribution is 6.33. The molecule has 202 valence electrons. The molecular weight excluding hydrogens is 536 g/mol. The molecule has 12 heteroatoms. The second-order valence-electron chi connectivity index (χ2n) is 8.86. The van der Waals surface area contributed by atoms with Crippen LogP contribution < -0.4 is 21.9 Å². The van der Waals surface area contributed by atoms with E-state index in [4.69, 9.17) is 17.3 Å². The molecule has 4 rings (SSSR count). The SMILES string of the molecule is CC(=O)C(N=Nc1cc2c(C)cc(=O)[nH]c2cc1Cl)C(=O)Nc1ccc(C(=O)Nc2ccc(C(N)=O)cc2)cc1. The summed E-state index contributed by atoms with van der Waals surface area (Å²) in [5.74, 6) is -2.25. The Labute approximate surface area is 232 Å². The average molecular weight is 559 g/mol. The summed E-state index contributed by atoms with van der Waals surface area (Å²) in [6.07, 6.45) is 0. The number of hydrogen-bond donors (Lipinski definition) is 4. The minimum Gasteiger partial charge on any atom is -0.366 e. The first-order valence-corrected chi connectivity index (χ1v) is 12.3. The lowest BCUT2D eigenvalue weighted by molar-refractivity contribution is -0.126. The topological polar surface area (TPSA) is 176 Å². The number of fused-ring (bicyclic) bond motifs is 1. The number of Topliss-reactive ketones (excluding diaryl/α,β-unsaturated/α-hetero) is 1. The van der Waals surface area contributed by atoms with E-state index in [-0.39, 0.29) is 16.3 Å². The molecule has 0 saturated heterocycles. The van der Waals surface area contributed by atoms with Crippen LogP contribution in [-0.4, -0.2) is 34.5 Å². The Balaban J connectivity index is 1.45. The summed E-state index contributed by atoms with van der Waals surface area (Å²) in [7, 11) is 0. The van der Waals surface area contributed by atoms with E-state index < -0.39 is 29.5 Å². The lowest BCUT2D eigenvalue weighted by Gasteiger charge is -2.11. The van der Waals surface area contributed by atoms with Crippen LogP contribution in [0.2, 0.25) is 5.02 Å². The first-order valence-electron chi connectivity index (χ1n) is 11.9. The molecule has 1 heterocycles. The van der Waals surface area contributed by atoms with Gasteiger partial charge in [-0.15, -0.1) is 0 Å². The number of rotatable bonds is 8. The van der Waals surface area contributed by atoms with Gasteiger partial charge < -0.3 is 21.4 Å². The predicted octanol–water partition coefficient (Wildman–Crippen LogP) is 4.52. The molecule has 5 N–H and O–H groups in total. The lowest BCUT2D eigenvalue weighted by Crippen LogP contribution is -2.31. The molecule has 0 radical (unpaired) electrons. The van der Waals surface area contributed by atoms with E-state index in [0.717, 1.165) is 0 Å². The van der Waals surface area contributed by atoms with Crippen LogP contribution in [0.1, 0.15) is 33.2 Å². The molecular formula is C28H23ClN6O5. The quantitative estimate of drug-likeness (QED) is 0.183. The van der Waals surface area contributed by atoms with E-state index >= 15 is 0 Å². The molecule has 40 heavy (non-hydrogen) atoms. The van der Waals surface area contributed by atoms with E-state index in [2.05, 4.69) is 25.8 Å². The van der Waals surface area contributed by atoms with Crippen molar-refractivity contribution in [1.29, 1.82) is 0 Å². The van der Waals surface area contributed by atoms with Crippen molar-refractivity contribution in [3.8, 4) is 0 Å². The van der Waals surface area contributed by atoms with Crippen LogP contribution in [0.4, 0.5) is 17.1 Å². The summed E-state index contributed by atoms with van der Waals surface area (Å²) in [6, 6.07) is 15.2. The number of nitrogens with one attached hydrogen (secondary N) is 3. The molecule has 11 nitrogen and oxygen atoms in total. The van der Waals surface area contributed by atoms with Gasteiger partial charge in [0.2, 0.25) is 17.5 Å². The third-order valence-corrected chi connectivity index (χ3v) is 6.18. The molecule has 0 bridgehead atoms. The normalized spacial score (nSPS) is 11.8. The second-order valence-corrected chi connectivity index (χ2v) is 9.26. The summed E-state index contributed by atoms with van der Waals surface area (Å²) >= 11 is 6.28. The monoisotopic (exact) mass is 558 g/mol. The zero-order valence-corrected chi connectivity index (χ0v) is 22.1. The summed E-state index contributed by atoms with van der Waals surface area (Å²) in [4.78, 5) is 63.1. The van der Waals surface area contributed by atoms with Crippen LogP contribution >= 0.6 is 11.6 Å². The summed E-state index contributed by atoms with van der Waals surface area (Å²) in [5.41, 5.74) is 7.81. The van der Waals surface area contributed by atoms with Gasteiger partial charge in [-0.05, 0) is 80.1 Å². The van der Waals surface area contributed by atoms with E-state index in [1.807, 2.05) is 0 Å². The fraction of sp³-hybridized carbons (Fsp3) is 0.107. The van der Waals surface area contributed by atoms with Gasteiger partial charge in [0.25, 0.3) is 11.8 Å². The Morgan fingerprint density at radius 3 is 2.10 bits per heavy atom. The smallest absolute Gasteiger partial charge is 0.258 e. The Kier molecular flexibility index (Phi) is 8.15. The number of carbonyl (C=O) groups is 4. The van der Waals surface area contributed by atoms with Gasteiger partial charge in [-0.1, -0.05) is 11.6 Å². The van der Waals surface area contributed by atoms with E-state index in [9.17, 15) is 24.0 Å². The molecule has 1 atom stereocenters. The summed E-state index contributed by atoms with van der Waals surface area (Å²) in [5, 5.41) is 14.1. The minimum atomic E-state index is -1.45. The average Bonchev–Trinajstić information content (AvgIpc) is 2.89. The van der Waals surface area contributed by atoms with E-state index in [1.54, 1.807) is 25.1 Å². The number of ketones is 1. The number of azo groups is 1. The van der Waals surface area contributed by atoms with Crippen LogP contribution in [-0.2, 0) is 9.59 Å².